The molecule has 0 N–H and O–H groups in total. The highest BCUT2D eigenvalue weighted by molar-refractivity contribution is 6.01. The van der Waals surface area contributed by atoms with Crippen LogP contribution in [0.25, 0.3) is 10.4 Å². The van der Waals surface area contributed by atoms with Crippen LogP contribution in [0.4, 0.5) is 5.69 Å². The Hall–Kier alpha value is -2.40. The Labute approximate surface area is 90.6 Å². The van der Waals surface area contributed by atoms with Gasteiger partial charge in [-0.3, -0.25) is 4.79 Å². The van der Waals surface area contributed by atoms with Crippen LogP contribution < -0.4 is 4.74 Å². The first kappa shape index (κ1) is 11.7. The van der Waals surface area contributed by atoms with Crippen LogP contribution in [0.5, 0.6) is 5.75 Å². The SMILES string of the molecule is COc1cc(C)cc(C(=O)N=[N+]=[N-])c1N=O. The van der Waals surface area contributed by atoms with E-state index in [4.69, 9.17) is 10.3 Å². The molecule has 7 heteroatoms. The zero-order valence-corrected chi connectivity index (χ0v) is 8.67. The van der Waals surface area contributed by atoms with Crippen molar-refractivity contribution in [3.63, 3.8) is 0 Å². The summed E-state index contributed by atoms with van der Waals surface area (Å²) in [5.74, 6) is -0.689. The van der Waals surface area contributed by atoms with E-state index in [1.807, 2.05) is 0 Å². The molecule has 1 aromatic carbocycles. The molecule has 0 saturated heterocycles. The van der Waals surface area contributed by atoms with Gasteiger partial charge in [-0.25, -0.2) is 0 Å². The molecule has 1 aromatic rings. The molecule has 0 aliphatic heterocycles. The van der Waals surface area contributed by atoms with Crippen molar-refractivity contribution in [1.29, 1.82) is 0 Å². The zero-order chi connectivity index (χ0) is 12.1. The number of hydrogen-bond donors (Lipinski definition) is 0. The summed E-state index contributed by atoms with van der Waals surface area (Å²) in [7, 11) is 1.35. The smallest absolute Gasteiger partial charge is 0.251 e. The lowest BCUT2D eigenvalue weighted by atomic mass is 10.1. The van der Waals surface area contributed by atoms with Crippen molar-refractivity contribution >= 4 is 11.6 Å². The fourth-order valence-corrected chi connectivity index (χ4v) is 1.25. The molecule has 0 spiro atoms. The Morgan fingerprint density at radius 1 is 1.50 bits per heavy atom. The summed E-state index contributed by atoms with van der Waals surface area (Å²) in [6, 6.07) is 2.97. The standard InChI is InChI=1S/C9H8N4O3/c1-5-3-6(9(14)11-13-10)8(12-15)7(4-5)16-2/h3-4H,1-2H3. The second-order valence-electron chi connectivity index (χ2n) is 2.95. The van der Waals surface area contributed by atoms with E-state index in [2.05, 4.69) is 15.2 Å². The predicted molar refractivity (Wildman–Crippen MR) is 56.7 cm³/mol. The monoisotopic (exact) mass is 220 g/mol. The van der Waals surface area contributed by atoms with Gasteiger partial charge in [0.1, 0.15) is 5.75 Å². The molecule has 7 nitrogen and oxygen atoms in total. The topological polar surface area (TPSA) is 104 Å². The van der Waals surface area contributed by atoms with Crippen LogP contribution in [0.15, 0.2) is 22.4 Å². The average Bonchev–Trinajstić information content (AvgIpc) is 2.28. The van der Waals surface area contributed by atoms with Crippen LogP contribution in [0.2, 0.25) is 0 Å². The number of nitrogens with zero attached hydrogens (tertiary/aromatic N) is 4. The van der Waals surface area contributed by atoms with E-state index in [1.54, 1.807) is 13.0 Å². The van der Waals surface area contributed by atoms with Gasteiger partial charge >= 0.3 is 0 Å². The first-order chi connectivity index (χ1) is 7.63. The Morgan fingerprint density at radius 2 is 2.19 bits per heavy atom. The second kappa shape index (κ2) is 4.90. The lowest BCUT2D eigenvalue weighted by Crippen LogP contribution is -1.97. The number of benzene rings is 1. The number of methoxy groups -OCH3 is 1. The van der Waals surface area contributed by atoms with E-state index in [0.29, 0.717) is 5.56 Å². The lowest BCUT2D eigenvalue weighted by Gasteiger charge is -2.07. The zero-order valence-electron chi connectivity index (χ0n) is 8.67. The van der Waals surface area contributed by atoms with Crippen LogP contribution >= 0.6 is 0 Å². The Balaban J connectivity index is 3.47. The van der Waals surface area contributed by atoms with Crippen LogP contribution in [-0.2, 0) is 0 Å². The van der Waals surface area contributed by atoms with Gasteiger partial charge in [0.2, 0.25) is 0 Å². The number of azide groups is 1. The van der Waals surface area contributed by atoms with Crippen molar-refractivity contribution in [2.75, 3.05) is 7.11 Å². The maximum Gasteiger partial charge on any atom is 0.251 e. The third-order valence-electron chi connectivity index (χ3n) is 1.90. The third-order valence-corrected chi connectivity index (χ3v) is 1.90. The Kier molecular flexibility index (Phi) is 3.58. The molecule has 0 unspecified atom stereocenters. The van der Waals surface area contributed by atoms with Crippen molar-refractivity contribution in [2.24, 2.45) is 10.3 Å². The minimum absolute atomic E-state index is 0.0651. The van der Waals surface area contributed by atoms with Crippen LogP contribution in [0.3, 0.4) is 0 Å². The maximum atomic E-state index is 11.4. The quantitative estimate of drug-likeness (QED) is 0.338. The van der Waals surface area contributed by atoms with E-state index in [9.17, 15) is 9.70 Å². The molecule has 16 heavy (non-hydrogen) atoms. The molecule has 0 heterocycles. The van der Waals surface area contributed by atoms with Crippen molar-refractivity contribution in [1.82, 2.24) is 0 Å². The molecule has 0 saturated carbocycles. The number of carbonyl (C=O) groups excluding carboxylic acids is 1. The molecule has 0 aliphatic carbocycles. The number of hydrogen-bond acceptors (Lipinski definition) is 4. The van der Waals surface area contributed by atoms with E-state index in [0.717, 1.165) is 0 Å². The summed E-state index contributed by atoms with van der Waals surface area (Å²) in [5.41, 5.74) is 8.62. The second-order valence-corrected chi connectivity index (χ2v) is 2.95. The van der Waals surface area contributed by atoms with Crippen LogP contribution in [0, 0.1) is 11.8 Å². The normalized spacial score (nSPS) is 9.12. The number of aryl methyl sites for hydroxylation is 1. The summed E-state index contributed by atoms with van der Waals surface area (Å²) < 4.78 is 4.91. The molecule has 0 bridgehead atoms. The minimum Gasteiger partial charge on any atom is -0.494 e. The summed E-state index contributed by atoms with van der Waals surface area (Å²) in [6.07, 6.45) is 0. The molecule has 0 fully saturated rings. The number of ether oxygens (including phenoxy) is 1. The van der Waals surface area contributed by atoms with E-state index in [-0.39, 0.29) is 17.0 Å². The molecular weight excluding hydrogens is 212 g/mol. The van der Waals surface area contributed by atoms with E-state index in [1.165, 1.54) is 13.2 Å². The van der Waals surface area contributed by atoms with Gasteiger partial charge in [0, 0.05) is 4.91 Å². The summed E-state index contributed by atoms with van der Waals surface area (Å²) in [6.45, 7) is 1.71. The number of nitroso groups, excluding NO2 is 1. The largest absolute Gasteiger partial charge is 0.494 e. The molecule has 0 aliphatic rings. The molecule has 82 valence electrons. The van der Waals surface area contributed by atoms with Gasteiger partial charge < -0.3 is 4.74 Å². The van der Waals surface area contributed by atoms with E-state index < -0.39 is 5.91 Å². The maximum absolute atomic E-state index is 11.4. The molecular formula is C9H8N4O3. The first-order valence-corrected chi connectivity index (χ1v) is 4.25. The molecule has 0 radical (unpaired) electrons. The fourth-order valence-electron chi connectivity index (χ4n) is 1.25. The molecule has 0 atom stereocenters. The number of carbonyl (C=O) groups is 1. The van der Waals surface area contributed by atoms with Gasteiger partial charge in [-0.05, 0) is 40.4 Å². The van der Waals surface area contributed by atoms with Gasteiger partial charge in [-0.2, -0.15) is 0 Å². The Bertz CT molecular complexity index is 492. The van der Waals surface area contributed by atoms with Crippen LogP contribution in [0.1, 0.15) is 15.9 Å². The lowest BCUT2D eigenvalue weighted by molar-refractivity contribution is 0.100. The highest BCUT2D eigenvalue weighted by atomic mass is 16.5. The van der Waals surface area contributed by atoms with Gasteiger partial charge in [-0.1, -0.05) is 0 Å². The van der Waals surface area contributed by atoms with Crippen molar-refractivity contribution in [2.45, 2.75) is 6.92 Å². The summed E-state index contributed by atoms with van der Waals surface area (Å²) in [4.78, 5) is 24.3. The van der Waals surface area contributed by atoms with Crippen molar-refractivity contribution in [3.8, 4) is 5.75 Å². The number of rotatable bonds is 3. The predicted octanol–water partition coefficient (Wildman–Crippen LogP) is 2.85. The van der Waals surface area contributed by atoms with Gasteiger partial charge in [0.05, 0.1) is 12.7 Å². The van der Waals surface area contributed by atoms with Crippen molar-refractivity contribution < 1.29 is 9.53 Å². The third kappa shape index (κ3) is 2.15. The fraction of sp³-hybridized carbons (Fsp3) is 0.222. The highest BCUT2D eigenvalue weighted by Crippen LogP contribution is 2.33. The molecule has 0 aromatic heterocycles. The highest BCUT2D eigenvalue weighted by Gasteiger charge is 2.16. The number of amides is 1. The molecule has 1 rings (SSSR count). The van der Waals surface area contributed by atoms with Gasteiger partial charge in [0.25, 0.3) is 5.91 Å². The van der Waals surface area contributed by atoms with Gasteiger partial charge in [-0.15, -0.1) is 4.91 Å². The average molecular weight is 220 g/mol. The first-order valence-electron chi connectivity index (χ1n) is 4.25. The summed E-state index contributed by atoms with van der Waals surface area (Å²) in [5, 5.41) is 5.61. The Morgan fingerprint density at radius 3 is 2.69 bits per heavy atom. The summed E-state index contributed by atoms with van der Waals surface area (Å²) >= 11 is 0. The van der Waals surface area contributed by atoms with Gasteiger partial charge in [0.15, 0.2) is 5.69 Å². The van der Waals surface area contributed by atoms with Crippen molar-refractivity contribution in [3.05, 3.63) is 38.6 Å². The molecule has 1 amide bonds. The van der Waals surface area contributed by atoms with Crippen LogP contribution in [-0.4, -0.2) is 13.0 Å². The minimum atomic E-state index is -0.862. The van der Waals surface area contributed by atoms with E-state index >= 15 is 0 Å².